The third-order valence-electron chi connectivity index (χ3n) is 3.92. The van der Waals surface area contributed by atoms with Gasteiger partial charge < -0.3 is 24.4 Å². The van der Waals surface area contributed by atoms with Crippen molar-refractivity contribution in [1.29, 1.82) is 0 Å². The Hall–Kier alpha value is -1.34. The van der Waals surface area contributed by atoms with Crippen molar-refractivity contribution in [3.05, 3.63) is 0 Å². The van der Waals surface area contributed by atoms with Crippen LogP contribution in [0.4, 0.5) is 4.79 Å². The van der Waals surface area contributed by atoms with E-state index in [0.29, 0.717) is 32.7 Å². The summed E-state index contributed by atoms with van der Waals surface area (Å²) >= 11 is 0. The van der Waals surface area contributed by atoms with Crippen LogP contribution in [0.15, 0.2) is 0 Å². The molecule has 21 heavy (non-hydrogen) atoms. The number of carboxylic acids is 1. The standard InChI is InChI=1S/C14H26N2O5/c1-10-5-6-16(12(10)13(17)18)14(19)15(7-8-20-3)11(2)9-21-4/h10-12H,5-9H2,1-4H3,(H,17,18). The number of carboxylic acid groups (broad SMARTS) is 1. The zero-order valence-electron chi connectivity index (χ0n) is 13.2. The number of urea groups is 1. The number of amides is 2. The predicted octanol–water partition coefficient (Wildman–Crippen LogP) is 0.885. The maximum atomic E-state index is 12.7. The molecule has 1 saturated heterocycles. The summed E-state index contributed by atoms with van der Waals surface area (Å²) in [5.41, 5.74) is 0. The van der Waals surface area contributed by atoms with Gasteiger partial charge in [-0.3, -0.25) is 0 Å². The number of aliphatic carboxylic acids is 1. The lowest BCUT2D eigenvalue weighted by Gasteiger charge is -2.34. The number of carbonyl (C=O) groups excluding carboxylic acids is 1. The second-order valence-corrected chi connectivity index (χ2v) is 5.52. The molecule has 0 bridgehead atoms. The van der Waals surface area contributed by atoms with E-state index in [9.17, 15) is 14.7 Å². The Balaban J connectivity index is 2.85. The van der Waals surface area contributed by atoms with E-state index >= 15 is 0 Å². The van der Waals surface area contributed by atoms with Gasteiger partial charge in [-0.25, -0.2) is 9.59 Å². The van der Waals surface area contributed by atoms with Gasteiger partial charge in [0, 0.05) is 27.3 Å². The number of likely N-dealkylation sites (tertiary alicyclic amines) is 1. The SMILES string of the molecule is COCCN(C(=O)N1CCC(C)C1C(=O)O)C(C)COC. The minimum absolute atomic E-state index is 0.0338. The number of nitrogens with zero attached hydrogens (tertiary/aromatic N) is 2. The normalized spacial score (nSPS) is 23.1. The van der Waals surface area contributed by atoms with Gasteiger partial charge in [-0.1, -0.05) is 6.92 Å². The highest BCUT2D eigenvalue weighted by Crippen LogP contribution is 2.25. The minimum Gasteiger partial charge on any atom is -0.480 e. The van der Waals surface area contributed by atoms with E-state index in [1.54, 1.807) is 19.1 Å². The molecule has 0 aliphatic carbocycles. The summed E-state index contributed by atoms with van der Waals surface area (Å²) < 4.78 is 10.1. The Morgan fingerprint density at radius 2 is 2.05 bits per heavy atom. The van der Waals surface area contributed by atoms with Crippen molar-refractivity contribution in [2.45, 2.75) is 32.4 Å². The molecule has 1 aliphatic heterocycles. The van der Waals surface area contributed by atoms with Gasteiger partial charge in [0.2, 0.25) is 0 Å². The Kier molecular flexibility index (Phi) is 6.91. The van der Waals surface area contributed by atoms with Crippen molar-refractivity contribution >= 4 is 12.0 Å². The van der Waals surface area contributed by atoms with Crippen LogP contribution in [-0.4, -0.2) is 79.5 Å². The largest absolute Gasteiger partial charge is 0.480 e. The monoisotopic (exact) mass is 302 g/mol. The van der Waals surface area contributed by atoms with Gasteiger partial charge in [0.15, 0.2) is 0 Å². The molecule has 7 nitrogen and oxygen atoms in total. The average molecular weight is 302 g/mol. The molecule has 0 aromatic rings. The average Bonchev–Trinajstić information content (AvgIpc) is 2.81. The van der Waals surface area contributed by atoms with Gasteiger partial charge in [-0.2, -0.15) is 0 Å². The molecule has 0 spiro atoms. The maximum absolute atomic E-state index is 12.7. The molecule has 7 heteroatoms. The number of ether oxygens (including phenoxy) is 2. The van der Waals surface area contributed by atoms with Crippen LogP contribution in [0.25, 0.3) is 0 Å². The van der Waals surface area contributed by atoms with E-state index in [2.05, 4.69) is 0 Å². The van der Waals surface area contributed by atoms with E-state index in [-0.39, 0.29) is 18.0 Å². The predicted molar refractivity (Wildman–Crippen MR) is 77.2 cm³/mol. The van der Waals surface area contributed by atoms with Crippen molar-refractivity contribution in [1.82, 2.24) is 9.80 Å². The van der Waals surface area contributed by atoms with Gasteiger partial charge in [0.1, 0.15) is 6.04 Å². The highest BCUT2D eigenvalue weighted by molar-refractivity contribution is 5.83. The van der Waals surface area contributed by atoms with Crippen molar-refractivity contribution in [2.75, 3.05) is 40.5 Å². The van der Waals surface area contributed by atoms with E-state index in [1.165, 1.54) is 4.90 Å². The minimum atomic E-state index is -0.945. The summed E-state index contributed by atoms with van der Waals surface area (Å²) in [6.45, 7) is 5.44. The third kappa shape index (κ3) is 4.31. The molecule has 122 valence electrons. The van der Waals surface area contributed by atoms with Crippen LogP contribution in [0, 0.1) is 5.92 Å². The van der Waals surface area contributed by atoms with Gasteiger partial charge in [-0.15, -0.1) is 0 Å². The zero-order chi connectivity index (χ0) is 16.0. The molecular weight excluding hydrogens is 276 g/mol. The Bertz CT molecular complexity index is 363. The second kappa shape index (κ2) is 8.19. The van der Waals surface area contributed by atoms with Crippen molar-refractivity contribution in [3.63, 3.8) is 0 Å². The number of hydrogen-bond acceptors (Lipinski definition) is 4. The van der Waals surface area contributed by atoms with Crippen molar-refractivity contribution < 1.29 is 24.2 Å². The molecule has 0 aromatic carbocycles. The quantitative estimate of drug-likeness (QED) is 0.755. The van der Waals surface area contributed by atoms with Crippen LogP contribution in [0.1, 0.15) is 20.3 Å². The lowest BCUT2D eigenvalue weighted by atomic mass is 10.0. The highest BCUT2D eigenvalue weighted by atomic mass is 16.5. The van der Waals surface area contributed by atoms with E-state index in [0.717, 1.165) is 0 Å². The first-order chi connectivity index (χ1) is 9.93. The Morgan fingerprint density at radius 1 is 1.38 bits per heavy atom. The molecule has 1 aliphatic rings. The Morgan fingerprint density at radius 3 is 2.57 bits per heavy atom. The molecule has 0 radical (unpaired) electrons. The van der Waals surface area contributed by atoms with Gasteiger partial charge in [0.05, 0.1) is 19.3 Å². The van der Waals surface area contributed by atoms with Crippen LogP contribution >= 0.6 is 0 Å². The number of methoxy groups -OCH3 is 2. The van der Waals surface area contributed by atoms with Crippen molar-refractivity contribution in [2.24, 2.45) is 5.92 Å². The molecule has 1 heterocycles. The molecule has 2 amide bonds. The van der Waals surface area contributed by atoms with E-state index in [1.807, 2.05) is 13.8 Å². The summed E-state index contributed by atoms with van der Waals surface area (Å²) in [6.07, 6.45) is 0.708. The molecule has 0 aromatic heterocycles. The summed E-state index contributed by atoms with van der Waals surface area (Å²) in [5, 5.41) is 9.34. The molecule has 1 fully saturated rings. The second-order valence-electron chi connectivity index (χ2n) is 5.52. The Labute approximate surface area is 125 Å². The summed E-state index contributed by atoms with van der Waals surface area (Å²) in [7, 11) is 3.15. The molecule has 0 saturated carbocycles. The third-order valence-corrected chi connectivity index (χ3v) is 3.92. The number of hydrogen-bond donors (Lipinski definition) is 1. The van der Waals surface area contributed by atoms with Gasteiger partial charge in [-0.05, 0) is 19.3 Å². The molecular formula is C14H26N2O5. The van der Waals surface area contributed by atoms with Crippen LogP contribution in [0.5, 0.6) is 0 Å². The maximum Gasteiger partial charge on any atom is 0.326 e. The van der Waals surface area contributed by atoms with Gasteiger partial charge >= 0.3 is 12.0 Å². The summed E-state index contributed by atoms with van der Waals surface area (Å²) in [5.74, 6) is -0.979. The highest BCUT2D eigenvalue weighted by Gasteiger charge is 2.41. The van der Waals surface area contributed by atoms with Crippen LogP contribution in [0.3, 0.4) is 0 Å². The fraction of sp³-hybridized carbons (Fsp3) is 0.857. The molecule has 3 unspecified atom stereocenters. The van der Waals surface area contributed by atoms with Crippen LogP contribution in [0.2, 0.25) is 0 Å². The fourth-order valence-corrected chi connectivity index (χ4v) is 2.73. The molecule has 1 N–H and O–H groups in total. The lowest BCUT2D eigenvalue weighted by molar-refractivity contribution is -0.142. The topological polar surface area (TPSA) is 79.3 Å². The number of carbonyl (C=O) groups is 2. The smallest absolute Gasteiger partial charge is 0.326 e. The number of rotatable bonds is 7. The molecule has 1 rings (SSSR count). The van der Waals surface area contributed by atoms with E-state index in [4.69, 9.17) is 9.47 Å². The van der Waals surface area contributed by atoms with Crippen LogP contribution in [-0.2, 0) is 14.3 Å². The zero-order valence-corrected chi connectivity index (χ0v) is 13.2. The molecule has 3 atom stereocenters. The summed E-state index contributed by atoms with van der Waals surface area (Å²) in [4.78, 5) is 27.2. The summed E-state index contributed by atoms with van der Waals surface area (Å²) in [6, 6.07) is -1.14. The first-order valence-electron chi connectivity index (χ1n) is 7.21. The fourth-order valence-electron chi connectivity index (χ4n) is 2.73. The lowest BCUT2D eigenvalue weighted by Crippen LogP contribution is -2.53. The van der Waals surface area contributed by atoms with Crippen molar-refractivity contribution in [3.8, 4) is 0 Å². The van der Waals surface area contributed by atoms with Crippen LogP contribution < -0.4 is 0 Å². The first kappa shape index (κ1) is 17.7. The van der Waals surface area contributed by atoms with Gasteiger partial charge in [0.25, 0.3) is 0 Å². The van der Waals surface area contributed by atoms with E-state index < -0.39 is 12.0 Å². The first-order valence-corrected chi connectivity index (χ1v) is 7.21.